The highest BCUT2D eigenvalue weighted by atomic mass is 79.9. The van der Waals surface area contributed by atoms with E-state index >= 15 is 0 Å². The first-order chi connectivity index (χ1) is 10.1. The molecule has 1 atom stereocenters. The summed E-state index contributed by atoms with van der Waals surface area (Å²) in [6.07, 6.45) is 0. The molecule has 1 aromatic heterocycles. The molecule has 5 heteroatoms. The van der Waals surface area contributed by atoms with Gasteiger partial charge in [-0.3, -0.25) is 4.57 Å². The van der Waals surface area contributed by atoms with Crippen molar-refractivity contribution in [2.75, 3.05) is 7.11 Å². The van der Waals surface area contributed by atoms with Crippen LogP contribution < -0.4 is 4.74 Å². The van der Waals surface area contributed by atoms with Gasteiger partial charge in [0.25, 0.3) is 0 Å². The predicted octanol–water partition coefficient (Wildman–Crippen LogP) is 5.10. The summed E-state index contributed by atoms with van der Waals surface area (Å²) in [5, 5.41) is -0.192. The molecule has 108 valence electrons. The van der Waals surface area contributed by atoms with Gasteiger partial charge in [-0.05, 0) is 37.3 Å². The number of aromatic nitrogens is 2. The summed E-state index contributed by atoms with van der Waals surface area (Å²) >= 11 is 9.83. The first-order valence-corrected chi connectivity index (χ1v) is 7.79. The van der Waals surface area contributed by atoms with Gasteiger partial charge in [0.15, 0.2) is 0 Å². The average molecular weight is 366 g/mol. The molecule has 0 spiro atoms. The molecule has 0 aliphatic heterocycles. The highest BCUT2D eigenvalue weighted by Gasteiger charge is 2.16. The Morgan fingerprint density at radius 1 is 1.24 bits per heavy atom. The molecule has 3 aromatic rings. The molecule has 3 nitrogen and oxygen atoms in total. The van der Waals surface area contributed by atoms with Crippen molar-refractivity contribution in [3.8, 4) is 11.4 Å². The van der Waals surface area contributed by atoms with Crippen LogP contribution in [-0.4, -0.2) is 16.7 Å². The number of halogens is 2. The number of ether oxygens (including phenoxy) is 1. The largest absolute Gasteiger partial charge is 0.497 e. The van der Waals surface area contributed by atoms with E-state index in [1.54, 1.807) is 7.11 Å². The van der Waals surface area contributed by atoms with Crippen molar-refractivity contribution < 1.29 is 4.74 Å². The first-order valence-electron chi connectivity index (χ1n) is 6.56. The molecule has 1 unspecified atom stereocenters. The zero-order valence-corrected chi connectivity index (χ0v) is 14.0. The molecule has 0 bridgehead atoms. The van der Waals surface area contributed by atoms with E-state index in [0.29, 0.717) is 0 Å². The number of nitrogens with zero attached hydrogens (tertiary/aromatic N) is 2. The maximum absolute atomic E-state index is 6.32. The third-order valence-corrected chi connectivity index (χ3v) is 4.00. The minimum absolute atomic E-state index is 0.192. The topological polar surface area (TPSA) is 27.1 Å². The number of benzene rings is 2. The standard InChI is InChI=1S/C16H14BrClN2O/c1-10(18)16-19-14-9-13(21-2)6-7-15(14)20(16)12-5-3-4-11(17)8-12/h3-10H,1-2H3. The number of imidazole rings is 1. The van der Waals surface area contributed by atoms with Crippen molar-refractivity contribution in [1.82, 2.24) is 9.55 Å². The van der Waals surface area contributed by atoms with Crippen LogP contribution in [0.3, 0.4) is 0 Å². The number of rotatable bonds is 3. The molecule has 21 heavy (non-hydrogen) atoms. The van der Waals surface area contributed by atoms with Gasteiger partial charge in [-0.1, -0.05) is 22.0 Å². The maximum atomic E-state index is 6.32. The first kappa shape index (κ1) is 14.4. The Morgan fingerprint density at radius 2 is 2.05 bits per heavy atom. The highest BCUT2D eigenvalue weighted by Crippen LogP contribution is 2.30. The van der Waals surface area contributed by atoms with E-state index in [2.05, 4.69) is 25.5 Å². The molecular weight excluding hydrogens is 352 g/mol. The lowest BCUT2D eigenvalue weighted by molar-refractivity contribution is 0.415. The highest BCUT2D eigenvalue weighted by molar-refractivity contribution is 9.10. The summed E-state index contributed by atoms with van der Waals surface area (Å²) in [6.45, 7) is 1.93. The second kappa shape index (κ2) is 5.70. The Bertz CT molecular complexity index is 798. The zero-order chi connectivity index (χ0) is 15.0. The molecule has 0 amide bonds. The van der Waals surface area contributed by atoms with Gasteiger partial charge in [0, 0.05) is 16.2 Å². The van der Waals surface area contributed by atoms with Crippen LogP contribution >= 0.6 is 27.5 Å². The lowest BCUT2D eigenvalue weighted by atomic mass is 10.2. The van der Waals surface area contributed by atoms with Crippen molar-refractivity contribution in [2.24, 2.45) is 0 Å². The number of hydrogen-bond acceptors (Lipinski definition) is 2. The average Bonchev–Trinajstić information content (AvgIpc) is 2.85. The number of alkyl halides is 1. The number of hydrogen-bond donors (Lipinski definition) is 0. The van der Waals surface area contributed by atoms with Crippen LogP contribution in [-0.2, 0) is 0 Å². The normalized spacial score (nSPS) is 12.6. The number of fused-ring (bicyclic) bond motifs is 1. The zero-order valence-electron chi connectivity index (χ0n) is 11.7. The number of methoxy groups -OCH3 is 1. The molecule has 0 fully saturated rings. The minimum atomic E-state index is -0.192. The van der Waals surface area contributed by atoms with Crippen LogP contribution in [0, 0.1) is 0 Å². The van der Waals surface area contributed by atoms with E-state index in [0.717, 1.165) is 32.8 Å². The third kappa shape index (κ3) is 2.65. The van der Waals surface area contributed by atoms with Crippen molar-refractivity contribution in [3.05, 3.63) is 52.8 Å². The summed E-state index contributed by atoms with van der Waals surface area (Å²) in [4.78, 5) is 4.66. The van der Waals surface area contributed by atoms with Crippen molar-refractivity contribution in [1.29, 1.82) is 0 Å². The molecular formula is C16H14BrClN2O. The van der Waals surface area contributed by atoms with E-state index in [9.17, 15) is 0 Å². The summed E-state index contributed by atoms with van der Waals surface area (Å²) in [7, 11) is 1.65. The molecule has 0 saturated heterocycles. The van der Waals surface area contributed by atoms with Crippen molar-refractivity contribution in [2.45, 2.75) is 12.3 Å². The smallest absolute Gasteiger partial charge is 0.132 e. The lowest BCUT2D eigenvalue weighted by Crippen LogP contribution is -2.01. The summed E-state index contributed by atoms with van der Waals surface area (Å²) in [6, 6.07) is 13.9. The second-order valence-corrected chi connectivity index (χ2v) is 6.33. The molecule has 1 heterocycles. The summed E-state index contributed by atoms with van der Waals surface area (Å²) in [5.41, 5.74) is 2.91. The van der Waals surface area contributed by atoms with Crippen LogP contribution in [0.4, 0.5) is 0 Å². The Morgan fingerprint density at radius 3 is 2.71 bits per heavy atom. The van der Waals surface area contributed by atoms with E-state index < -0.39 is 0 Å². The van der Waals surface area contributed by atoms with Crippen LogP contribution in [0.1, 0.15) is 18.1 Å². The van der Waals surface area contributed by atoms with Gasteiger partial charge in [0.1, 0.15) is 11.6 Å². The molecule has 0 aliphatic carbocycles. The summed E-state index contributed by atoms with van der Waals surface area (Å²) in [5.74, 6) is 1.60. The Hall–Kier alpha value is -1.52. The minimum Gasteiger partial charge on any atom is -0.497 e. The van der Waals surface area contributed by atoms with E-state index in [1.165, 1.54) is 0 Å². The molecule has 0 radical (unpaired) electrons. The SMILES string of the molecule is COc1ccc2c(c1)nc(C(C)Cl)n2-c1cccc(Br)c1. The predicted molar refractivity (Wildman–Crippen MR) is 89.6 cm³/mol. The van der Waals surface area contributed by atoms with Gasteiger partial charge in [0.05, 0.1) is 23.5 Å². The van der Waals surface area contributed by atoms with Gasteiger partial charge in [-0.25, -0.2) is 4.98 Å². The van der Waals surface area contributed by atoms with Crippen LogP contribution in [0.25, 0.3) is 16.7 Å². The molecule has 0 saturated carbocycles. The Labute approximate surface area is 136 Å². The molecule has 0 N–H and O–H groups in total. The third-order valence-electron chi connectivity index (χ3n) is 3.31. The van der Waals surface area contributed by atoms with Crippen molar-refractivity contribution >= 4 is 38.6 Å². The fourth-order valence-corrected chi connectivity index (χ4v) is 2.89. The van der Waals surface area contributed by atoms with Gasteiger partial charge < -0.3 is 4.74 Å². The van der Waals surface area contributed by atoms with E-state index in [1.807, 2.05) is 49.4 Å². The van der Waals surface area contributed by atoms with Crippen LogP contribution in [0.15, 0.2) is 46.9 Å². The Kier molecular flexibility index (Phi) is 3.91. The van der Waals surface area contributed by atoms with Gasteiger partial charge in [0.2, 0.25) is 0 Å². The van der Waals surface area contributed by atoms with Gasteiger partial charge in [-0.15, -0.1) is 11.6 Å². The lowest BCUT2D eigenvalue weighted by Gasteiger charge is -2.11. The summed E-state index contributed by atoms with van der Waals surface area (Å²) < 4.78 is 8.36. The van der Waals surface area contributed by atoms with Gasteiger partial charge >= 0.3 is 0 Å². The molecule has 0 aliphatic rings. The second-order valence-electron chi connectivity index (χ2n) is 4.76. The monoisotopic (exact) mass is 364 g/mol. The Balaban J connectivity index is 2.31. The van der Waals surface area contributed by atoms with E-state index in [-0.39, 0.29) is 5.38 Å². The fraction of sp³-hybridized carbons (Fsp3) is 0.188. The quantitative estimate of drug-likeness (QED) is 0.604. The van der Waals surface area contributed by atoms with E-state index in [4.69, 9.17) is 16.3 Å². The fourth-order valence-electron chi connectivity index (χ4n) is 2.36. The molecule has 3 rings (SSSR count). The maximum Gasteiger partial charge on any atom is 0.132 e. The van der Waals surface area contributed by atoms with Crippen molar-refractivity contribution in [3.63, 3.8) is 0 Å². The van der Waals surface area contributed by atoms with Gasteiger partial charge in [-0.2, -0.15) is 0 Å². The van der Waals surface area contributed by atoms with Crippen LogP contribution in [0.5, 0.6) is 5.75 Å². The van der Waals surface area contributed by atoms with Crippen LogP contribution in [0.2, 0.25) is 0 Å². The molecule has 2 aromatic carbocycles.